The van der Waals surface area contributed by atoms with Crippen molar-refractivity contribution in [2.45, 2.75) is 6.92 Å². The molecular formula is C16H13BrClN3. The first kappa shape index (κ1) is 14.3. The van der Waals surface area contributed by atoms with E-state index in [1.807, 2.05) is 49.4 Å². The van der Waals surface area contributed by atoms with Crippen molar-refractivity contribution in [2.75, 3.05) is 5.43 Å². The van der Waals surface area contributed by atoms with Crippen molar-refractivity contribution in [1.29, 1.82) is 0 Å². The first-order valence-corrected chi connectivity index (χ1v) is 7.60. The number of hydrazine groups is 1. The van der Waals surface area contributed by atoms with Crippen LogP contribution in [0.15, 0.2) is 46.9 Å². The number of halogens is 2. The average molecular weight is 363 g/mol. The van der Waals surface area contributed by atoms with Gasteiger partial charge in [-0.2, -0.15) is 0 Å². The van der Waals surface area contributed by atoms with Crippen LogP contribution in [0, 0.1) is 6.92 Å². The van der Waals surface area contributed by atoms with Crippen LogP contribution in [-0.2, 0) is 0 Å². The molecule has 0 saturated heterocycles. The van der Waals surface area contributed by atoms with Crippen molar-refractivity contribution in [3.63, 3.8) is 0 Å². The quantitative estimate of drug-likeness (QED) is 0.503. The number of aromatic nitrogens is 1. The molecule has 0 aliphatic carbocycles. The molecule has 2 aromatic carbocycles. The third kappa shape index (κ3) is 2.50. The third-order valence-corrected chi connectivity index (χ3v) is 4.19. The summed E-state index contributed by atoms with van der Waals surface area (Å²) >= 11 is 9.80. The summed E-state index contributed by atoms with van der Waals surface area (Å²) in [6, 6.07) is 13.8. The minimum absolute atomic E-state index is 0.591. The van der Waals surface area contributed by atoms with Crippen LogP contribution in [0.1, 0.15) is 5.56 Å². The van der Waals surface area contributed by atoms with Gasteiger partial charge in [0.05, 0.1) is 21.9 Å². The molecule has 0 spiro atoms. The Labute approximate surface area is 136 Å². The largest absolute Gasteiger partial charge is 0.323 e. The molecule has 0 radical (unpaired) electrons. The van der Waals surface area contributed by atoms with Crippen LogP contribution in [0.4, 0.5) is 5.69 Å². The summed E-state index contributed by atoms with van der Waals surface area (Å²) in [5.74, 6) is 5.73. The van der Waals surface area contributed by atoms with Crippen LogP contribution in [0.5, 0.6) is 0 Å². The van der Waals surface area contributed by atoms with E-state index in [0.29, 0.717) is 5.02 Å². The average Bonchev–Trinajstić information content (AvgIpc) is 2.47. The summed E-state index contributed by atoms with van der Waals surface area (Å²) in [5, 5.41) is 1.49. The lowest BCUT2D eigenvalue weighted by molar-refractivity contribution is 1.28. The molecule has 0 aliphatic heterocycles. The Morgan fingerprint density at radius 1 is 1.19 bits per heavy atom. The topological polar surface area (TPSA) is 50.9 Å². The number of nitrogens with zero attached hydrogens (tertiary/aromatic N) is 1. The van der Waals surface area contributed by atoms with Crippen molar-refractivity contribution in [3.05, 3.63) is 57.5 Å². The fourth-order valence-corrected chi connectivity index (χ4v) is 3.30. The van der Waals surface area contributed by atoms with Gasteiger partial charge in [0.15, 0.2) is 0 Å². The summed E-state index contributed by atoms with van der Waals surface area (Å²) in [6.45, 7) is 2.00. The molecule has 0 amide bonds. The van der Waals surface area contributed by atoms with E-state index in [1.165, 1.54) is 0 Å². The minimum Gasteiger partial charge on any atom is -0.323 e. The Morgan fingerprint density at radius 3 is 2.57 bits per heavy atom. The van der Waals surface area contributed by atoms with E-state index < -0.39 is 0 Å². The summed E-state index contributed by atoms with van der Waals surface area (Å²) in [6.07, 6.45) is 0. The van der Waals surface area contributed by atoms with E-state index in [9.17, 15) is 0 Å². The van der Waals surface area contributed by atoms with E-state index in [2.05, 4.69) is 21.4 Å². The van der Waals surface area contributed by atoms with Crippen molar-refractivity contribution in [3.8, 4) is 11.3 Å². The first-order valence-electron chi connectivity index (χ1n) is 6.43. The molecule has 0 fully saturated rings. The maximum atomic E-state index is 6.34. The lowest BCUT2D eigenvalue weighted by Gasteiger charge is -2.15. The van der Waals surface area contributed by atoms with Crippen molar-refractivity contribution < 1.29 is 0 Å². The lowest BCUT2D eigenvalue weighted by atomic mass is 10.0. The zero-order valence-corrected chi connectivity index (χ0v) is 13.7. The molecule has 3 N–H and O–H groups in total. The minimum atomic E-state index is 0.591. The van der Waals surface area contributed by atoms with E-state index in [0.717, 1.165) is 37.9 Å². The summed E-state index contributed by atoms with van der Waals surface area (Å²) in [4.78, 5) is 4.75. The standard InChI is InChI=1S/C16H13BrClN3/c1-9-14(10-5-3-2-4-6-10)20-16-12(15(9)21-19)7-11(17)8-13(16)18/h2-8H,19H2,1H3,(H,20,21). The van der Waals surface area contributed by atoms with Crippen LogP contribution in [0.3, 0.4) is 0 Å². The second-order valence-electron chi connectivity index (χ2n) is 4.75. The molecule has 1 heterocycles. The molecule has 0 aliphatic rings. The number of nitrogens with two attached hydrogens (primary N) is 1. The number of nitrogen functional groups attached to an aromatic ring is 1. The molecule has 3 nitrogen and oxygen atoms in total. The smallest absolute Gasteiger partial charge is 0.0917 e. The number of rotatable bonds is 2. The lowest BCUT2D eigenvalue weighted by Crippen LogP contribution is -2.10. The van der Waals surface area contributed by atoms with Gasteiger partial charge in [0, 0.05) is 21.0 Å². The normalized spacial score (nSPS) is 10.9. The highest BCUT2D eigenvalue weighted by Crippen LogP contribution is 2.37. The highest BCUT2D eigenvalue weighted by atomic mass is 79.9. The van der Waals surface area contributed by atoms with Crippen molar-refractivity contribution >= 4 is 44.1 Å². The summed E-state index contributed by atoms with van der Waals surface area (Å²) in [7, 11) is 0. The van der Waals surface area contributed by atoms with Gasteiger partial charge in [-0.3, -0.25) is 5.84 Å². The van der Waals surface area contributed by atoms with Crippen LogP contribution >= 0.6 is 27.5 Å². The van der Waals surface area contributed by atoms with E-state index in [1.54, 1.807) is 0 Å². The Kier molecular flexibility index (Phi) is 3.85. The van der Waals surface area contributed by atoms with E-state index in [-0.39, 0.29) is 0 Å². The number of nitrogens with one attached hydrogen (secondary N) is 1. The predicted molar refractivity (Wildman–Crippen MR) is 92.4 cm³/mol. The van der Waals surface area contributed by atoms with Gasteiger partial charge in [-0.1, -0.05) is 57.9 Å². The van der Waals surface area contributed by atoms with Gasteiger partial charge in [0.2, 0.25) is 0 Å². The van der Waals surface area contributed by atoms with Gasteiger partial charge in [-0.25, -0.2) is 4.98 Å². The predicted octanol–water partition coefficient (Wildman–Crippen LogP) is 4.91. The maximum absolute atomic E-state index is 6.34. The molecule has 3 rings (SSSR count). The third-order valence-electron chi connectivity index (χ3n) is 3.44. The first-order chi connectivity index (χ1) is 10.1. The monoisotopic (exact) mass is 361 g/mol. The number of anilines is 1. The van der Waals surface area contributed by atoms with Gasteiger partial charge < -0.3 is 5.43 Å². The highest BCUT2D eigenvalue weighted by molar-refractivity contribution is 9.10. The Balaban J connectivity index is 2.41. The van der Waals surface area contributed by atoms with Gasteiger partial charge in [-0.05, 0) is 19.1 Å². The second kappa shape index (κ2) is 5.64. The molecule has 0 saturated carbocycles. The number of benzene rings is 2. The van der Waals surface area contributed by atoms with E-state index >= 15 is 0 Å². The second-order valence-corrected chi connectivity index (χ2v) is 6.08. The molecule has 0 unspecified atom stereocenters. The SMILES string of the molecule is Cc1c(-c2ccccc2)nc2c(Cl)cc(Br)cc2c1NN. The van der Waals surface area contributed by atoms with Crippen LogP contribution < -0.4 is 11.3 Å². The molecule has 0 atom stereocenters. The fraction of sp³-hybridized carbons (Fsp3) is 0.0625. The van der Waals surface area contributed by atoms with Crippen molar-refractivity contribution in [1.82, 2.24) is 4.98 Å². The fourth-order valence-electron chi connectivity index (χ4n) is 2.45. The summed E-state index contributed by atoms with van der Waals surface area (Å²) < 4.78 is 0.894. The summed E-state index contributed by atoms with van der Waals surface area (Å²) in [5.41, 5.74) is 7.25. The van der Waals surface area contributed by atoms with Gasteiger partial charge in [0.1, 0.15) is 0 Å². The number of hydrogen-bond acceptors (Lipinski definition) is 3. The van der Waals surface area contributed by atoms with Gasteiger partial charge in [0.25, 0.3) is 0 Å². The molecule has 3 aromatic rings. The van der Waals surface area contributed by atoms with Crippen molar-refractivity contribution in [2.24, 2.45) is 5.84 Å². The zero-order valence-electron chi connectivity index (χ0n) is 11.3. The Hall–Kier alpha value is -1.62. The van der Waals surface area contributed by atoms with Crippen LogP contribution in [0.2, 0.25) is 5.02 Å². The number of hydrogen-bond donors (Lipinski definition) is 2. The Bertz CT molecular complexity index is 819. The molecular weight excluding hydrogens is 350 g/mol. The molecule has 5 heteroatoms. The van der Waals surface area contributed by atoms with Crippen LogP contribution in [0.25, 0.3) is 22.2 Å². The Morgan fingerprint density at radius 2 is 1.90 bits per heavy atom. The number of pyridine rings is 1. The maximum Gasteiger partial charge on any atom is 0.0917 e. The molecule has 106 valence electrons. The molecule has 21 heavy (non-hydrogen) atoms. The van der Waals surface area contributed by atoms with Gasteiger partial charge in [-0.15, -0.1) is 0 Å². The molecule has 1 aromatic heterocycles. The van der Waals surface area contributed by atoms with Gasteiger partial charge >= 0.3 is 0 Å². The highest BCUT2D eigenvalue weighted by Gasteiger charge is 2.15. The molecule has 0 bridgehead atoms. The van der Waals surface area contributed by atoms with Crippen LogP contribution in [-0.4, -0.2) is 4.98 Å². The van der Waals surface area contributed by atoms with E-state index in [4.69, 9.17) is 22.4 Å². The zero-order chi connectivity index (χ0) is 15.0. The number of fused-ring (bicyclic) bond motifs is 1.